The molecular formula is C22H21IN2O5. The summed E-state index contributed by atoms with van der Waals surface area (Å²) >= 11 is 2.12. The third-order valence-corrected chi connectivity index (χ3v) is 5.27. The van der Waals surface area contributed by atoms with Crippen LogP contribution in [0.2, 0.25) is 0 Å². The molecule has 0 saturated carbocycles. The van der Waals surface area contributed by atoms with Crippen molar-refractivity contribution in [3.8, 4) is 11.5 Å². The van der Waals surface area contributed by atoms with Crippen LogP contribution in [0.3, 0.4) is 0 Å². The van der Waals surface area contributed by atoms with Gasteiger partial charge < -0.3 is 9.47 Å². The minimum atomic E-state index is -0.771. The first-order valence-corrected chi connectivity index (χ1v) is 10.4. The Morgan fingerprint density at radius 1 is 1.17 bits per heavy atom. The standard InChI is InChI=1S/C22H21IN2O5/c1-4-9-30-19-16(23)11-14(12-18(19)29-3)10-15-20(26)24-22(28)25(21(15)27)17-8-6-5-7-13(17)2/h5-8,10-12H,4,9H2,1-3H3,(H,24,26,28)/b15-10+. The molecule has 0 spiro atoms. The monoisotopic (exact) mass is 520 g/mol. The van der Waals surface area contributed by atoms with Crippen molar-refractivity contribution < 1.29 is 23.9 Å². The largest absolute Gasteiger partial charge is 0.493 e. The molecule has 1 saturated heterocycles. The predicted molar refractivity (Wildman–Crippen MR) is 122 cm³/mol. The van der Waals surface area contributed by atoms with Crippen molar-refractivity contribution in [2.24, 2.45) is 0 Å². The lowest BCUT2D eigenvalue weighted by Gasteiger charge is -2.27. The second-order valence-corrected chi connectivity index (χ2v) is 7.79. The fourth-order valence-electron chi connectivity index (χ4n) is 3.02. The highest BCUT2D eigenvalue weighted by Crippen LogP contribution is 2.35. The van der Waals surface area contributed by atoms with Crippen LogP contribution in [0.15, 0.2) is 42.0 Å². The number of ether oxygens (including phenoxy) is 2. The first kappa shape index (κ1) is 21.8. The molecule has 0 unspecified atom stereocenters. The van der Waals surface area contributed by atoms with Gasteiger partial charge in [-0.25, -0.2) is 9.69 Å². The number of urea groups is 1. The predicted octanol–water partition coefficient (Wildman–Crippen LogP) is 4.06. The van der Waals surface area contributed by atoms with Crippen LogP contribution in [0.25, 0.3) is 6.08 Å². The van der Waals surface area contributed by atoms with Gasteiger partial charge in [-0.1, -0.05) is 25.1 Å². The Hall–Kier alpha value is -2.88. The molecule has 156 valence electrons. The van der Waals surface area contributed by atoms with Gasteiger partial charge in [-0.3, -0.25) is 14.9 Å². The van der Waals surface area contributed by atoms with Crippen LogP contribution in [0.4, 0.5) is 10.5 Å². The third kappa shape index (κ3) is 4.33. The minimum absolute atomic E-state index is 0.141. The molecule has 1 aliphatic rings. The van der Waals surface area contributed by atoms with Crippen LogP contribution in [-0.2, 0) is 9.59 Å². The number of carbonyl (C=O) groups excluding carboxylic acids is 3. The Bertz CT molecular complexity index is 1050. The van der Waals surface area contributed by atoms with Crippen LogP contribution in [-0.4, -0.2) is 31.6 Å². The Balaban J connectivity index is 2.02. The highest BCUT2D eigenvalue weighted by Gasteiger charge is 2.37. The smallest absolute Gasteiger partial charge is 0.335 e. The zero-order valence-corrected chi connectivity index (χ0v) is 19.0. The first-order chi connectivity index (χ1) is 14.4. The summed E-state index contributed by atoms with van der Waals surface area (Å²) in [6.07, 6.45) is 2.30. The number of para-hydroxylation sites is 1. The van der Waals surface area contributed by atoms with E-state index in [1.807, 2.05) is 13.0 Å². The zero-order chi connectivity index (χ0) is 21.8. The maximum atomic E-state index is 13.1. The van der Waals surface area contributed by atoms with Crippen molar-refractivity contribution in [1.82, 2.24) is 5.32 Å². The second kappa shape index (κ2) is 9.29. The molecule has 0 atom stereocenters. The number of hydrogen-bond acceptors (Lipinski definition) is 5. The van der Waals surface area contributed by atoms with Gasteiger partial charge in [0.25, 0.3) is 11.8 Å². The lowest BCUT2D eigenvalue weighted by Crippen LogP contribution is -2.54. The van der Waals surface area contributed by atoms with Crippen molar-refractivity contribution >= 4 is 52.2 Å². The van der Waals surface area contributed by atoms with E-state index in [0.29, 0.717) is 29.4 Å². The van der Waals surface area contributed by atoms with E-state index >= 15 is 0 Å². The Morgan fingerprint density at radius 3 is 2.57 bits per heavy atom. The second-order valence-electron chi connectivity index (χ2n) is 6.63. The molecule has 30 heavy (non-hydrogen) atoms. The Labute approximate surface area is 188 Å². The molecule has 1 fully saturated rings. The van der Waals surface area contributed by atoms with Gasteiger partial charge in [0.1, 0.15) is 5.57 Å². The van der Waals surface area contributed by atoms with E-state index in [0.717, 1.165) is 20.5 Å². The van der Waals surface area contributed by atoms with Crippen LogP contribution in [0.1, 0.15) is 24.5 Å². The Kier molecular flexibility index (Phi) is 6.76. The van der Waals surface area contributed by atoms with Gasteiger partial charge in [-0.15, -0.1) is 0 Å². The van der Waals surface area contributed by atoms with E-state index in [2.05, 4.69) is 27.9 Å². The first-order valence-electron chi connectivity index (χ1n) is 9.34. The normalized spacial score (nSPS) is 15.4. The van der Waals surface area contributed by atoms with E-state index in [1.165, 1.54) is 13.2 Å². The minimum Gasteiger partial charge on any atom is -0.493 e. The fraction of sp³-hybridized carbons (Fsp3) is 0.227. The van der Waals surface area contributed by atoms with Gasteiger partial charge in [0.2, 0.25) is 0 Å². The van der Waals surface area contributed by atoms with Crippen LogP contribution >= 0.6 is 22.6 Å². The Morgan fingerprint density at radius 2 is 1.90 bits per heavy atom. The van der Waals surface area contributed by atoms with Crippen LogP contribution in [0.5, 0.6) is 11.5 Å². The van der Waals surface area contributed by atoms with Crippen molar-refractivity contribution in [2.75, 3.05) is 18.6 Å². The van der Waals surface area contributed by atoms with Crippen molar-refractivity contribution in [2.45, 2.75) is 20.3 Å². The number of aryl methyl sites for hydroxylation is 1. The number of imide groups is 2. The molecule has 8 heteroatoms. The van der Waals surface area contributed by atoms with E-state index in [9.17, 15) is 14.4 Å². The fourth-order valence-corrected chi connectivity index (χ4v) is 3.81. The molecule has 0 aromatic heterocycles. The average molecular weight is 520 g/mol. The number of nitrogens with zero attached hydrogens (tertiary/aromatic N) is 1. The maximum absolute atomic E-state index is 13.1. The molecular weight excluding hydrogens is 499 g/mol. The molecule has 3 rings (SSSR count). The number of carbonyl (C=O) groups is 3. The lowest BCUT2D eigenvalue weighted by molar-refractivity contribution is -0.122. The summed E-state index contributed by atoms with van der Waals surface area (Å²) in [5.74, 6) is -0.315. The number of methoxy groups -OCH3 is 1. The number of amides is 4. The molecule has 7 nitrogen and oxygen atoms in total. The van der Waals surface area contributed by atoms with Gasteiger partial charge in [0.15, 0.2) is 11.5 Å². The van der Waals surface area contributed by atoms with Gasteiger partial charge in [0.05, 0.1) is 23.0 Å². The molecule has 0 aliphatic carbocycles. The molecule has 0 radical (unpaired) electrons. The van der Waals surface area contributed by atoms with E-state index in [4.69, 9.17) is 9.47 Å². The third-order valence-electron chi connectivity index (χ3n) is 4.47. The topological polar surface area (TPSA) is 84.9 Å². The van der Waals surface area contributed by atoms with Crippen molar-refractivity contribution in [1.29, 1.82) is 0 Å². The summed E-state index contributed by atoms with van der Waals surface area (Å²) < 4.78 is 11.9. The number of nitrogens with one attached hydrogen (secondary N) is 1. The van der Waals surface area contributed by atoms with E-state index in [-0.39, 0.29) is 5.57 Å². The molecule has 1 aliphatic heterocycles. The summed E-state index contributed by atoms with van der Waals surface area (Å²) in [6.45, 7) is 4.34. The highest BCUT2D eigenvalue weighted by atomic mass is 127. The van der Waals surface area contributed by atoms with E-state index in [1.54, 1.807) is 37.3 Å². The lowest BCUT2D eigenvalue weighted by atomic mass is 10.1. The number of hydrogen-bond donors (Lipinski definition) is 1. The highest BCUT2D eigenvalue weighted by molar-refractivity contribution is 14.1. The van der Waals surface area contributed by atoms with Crippen LogP contribution < -0.4 is 19.7 Å². The van der Waals surface area contributed by atoms with Gasteiger partial charge in [-0.05, 0) is 71.3 Å². The van der Waals surface area contributed by atoms with Crippen LogP contribution in [0, 0.1) is 10.5 Å². The SMILES string of the molecule is CCCOc1c(I)cc(/C=C2\C(=O)NC(=O)N(c3ccccc3C)C2=O)cc1OC. The average Bonchev–Trinajstić information content (AvgIpc) is 2.71. The zero-order valence-electron chi connectivity index (χ0n) is 16.8. The molecule has 1 N–H and O–H groups in total. The van der Waals surface area contributed by atoms with Gasteiger partial charge in [-0.2, -0.15) is 0 Å². The summed E-state index contributed by atoms with van der Waals surface area (Å²) in [5.41, 5.74) is 1.60. The van der Waals surface area contributed by atoms with E-state index < -0.39 is 17.8 Å². The summed E-state index contributed by atoms with van der Waals surface area (Å²) in [4.78, 5) is 38.8. The summed E-state index contributed by atoms with van der Waals surface area (Å²) in [6, 6.07) is 9.69. The number of rotatable bonds is 6. The molecule has 4 amide bonds. The van der Waals surface area contributed by atoms with Gasteiger partial charge in [0, 0.05) is 0 Å². The summed E-state index contributed by atoms with van der Waals surface area (Å²) in [5, 5.41) is 2.24. The molecule has 1 heterocycles. The van der Waals surface area contributed by atoms with Crippen molar-refractivity contribution in [3.63, 3.8) is 0 Å². The maximum Gasteiger partial charge on any atom is 0.335 e. The number of halogens is 1. The molecule has 0 bridgehead atoms. The van der Waals surface area contributed by atoms with Crippen molar-refractivity contribution in [3.05, 3.63) is 56.7 Å². The quantitative estimate of drug-likeness (QED) is 0.353. The number of benzene rings is 2. The number of barbiturate groups is 1. The number of anilines is 1. The molecule has 2 aromatic rings. The van der Waals surface area contributed by atoms with Gasteiger partial charge >= 0.3 is 6.03 Å². The summed E-state index contributed by atoms with van der Waals surface area (Å²) in [7, 11) is 1.53. The molecule has 2 aromatic carbocycles.